The molecule has 0 radical (unpaired) electrons. The summed E-state index contributed by atoms with van der Waals surface area (Å²) >= 11 is 0. The van der Waals surface area contributed by atoms with E-state index in [9.17, 15) is 9.59 Å². The second kappa shape index (κ2) is 8.32. The number of aromatic nitrogens is 1. The maximum atomic E-state index is 12.3. The fourth-order valence-electron chi connectivity index (χ4n) is 2.53. The summed E-state index contributed by atoms with van der Waals surface area (Å²) in [6, 6.07) is 13.1. The number of rotatable bonds is 7. The van der Waals surface area contributed by atoms with Crippen molar-refractivity contribution in [2.45, 2.75) is 45.6 Å². The van der Waals surface area contributed by atoms with Crippen molar-refractivity contribution < 1.29 is 4.79 Å². The van der Waals surface area contributed by atoms with Crippen LogP contribution in [0.3, 0.4) is 0 Å². The highest BCUT2D eigenvalue weighted by Gasteiger charge is 2.15. The molecular formula is C19H24N2O2. The first-order valence-corrected chi connectivity index (χ1v) is 8.25. The Bertz CT molecular complexity index is 692. The van der Waals surface area contributed by atoms with Crippen LogP contribution in [0.25, 0.3) is 11.3 Å². The SMILES string of the molecule is CCCC[C@@H](CC)NC(=O)c1ccc(-c2ccccc2)[nH]c1=O. The number of pyridine rings is 1. The zero-order chi connectivity index (χ0) is 16.7. The normalized spacial score (nSPS) is 11.9. The van der Waals surface area contributed by atoms with Gasteiger partial charge in [0.05, 0.1) is 0 Å². The zero-order valence-corrected chi connectivity index (χ0v) is 13.8. The van der Waals surface area contributed by atoms with Crippen LogP contribution < -0.4 is 10.9 Å². The van der Waals surface area contributed by atoms with Crippen molar-refractivity contribution >= 4 is 5.91 Å². The Morgan fingerprint density at radius 1 is 1.13 bits per heavy atom. The summed E-state index contributed by atoms with van der Waals surface area (Å²) in [6.07, 6.45) is 3.98. The van der Waals surface area contributed by atoms with Crippen LogP contribution >= 0.6 is 0 Å². The van der Waals surface area contributed by atoms with E-state index in [2.05, 4.69) is 17.2 Å². The van der Waals surface area contributed by atoms with Gasteiger partial charge in [-0.1, -0.05) is 57.0 Å². The highest BCUT2D eigenvalue weighted by molar-refractivity contribution is 5.94. The number of H-pyrrole nitrogens is 1. The van der Waals surface area contributed by atoms with Gasteiger partial charge in [-0.2, -0.15) is 0 Å². The molecule has 0 fully saturated rings. The highest BCUT2D eigenvalue weighted by Crippen LogP contribution is 2.14. The van der Waals surface area contributed by atoms with Gasteiger partial charge in [-0.25, -0.2) is 0 Å². The minimum Gasteiger partial charge on any atom is -0.349 e. The highest BCUT2D eigenvalue weighted by atomic mass is 16.2. The number of hydrogen-bond donors (Lipinski definition) is 2. The molecule has 23 heavy (non-hydrogen) atoms. The van der Waals surface area contributed by atoms with E-state index in [0.29, 0.717) is 5.69 Å². The van der Waals surface area contributed by atoms with Crippen LogP contribution in [0.4, 0.5) is 0 Å². The van der Waals surface area contributed by atoms with Crippen LogP contribution in [-0.4, -0.2) is 16.9 Å². The van der Waals surface area contributed by atoms with Crippen molar-refractivity contribution in [3.05, 3.63) is 58.4 Å². The van der Waals surface area contributed by atoms with Crippen LogP contribution in [0, 0.1) is 0 Å². The molecule has 0 spiro atoms. The Hall–Kier alpha value is -2.36. The quantitative estimate of drug-likeness (QED) is 0.818. The third-order valence-corrected chi connectivity index (χ3v) is 3.97. The van der Waals surface area contributed by atoms with Gasteiger partial charge in [0, 0.05) is 11.7 Å². The molecule has 1 aromatic heterocycles. The van der Waals surface area contributed by atoms with Gasteiger partial charge in [0.1, 0.15) is 5.56 Å². The number of unbranched alkanes of at least 4 members (excludes halogenated alkanes) is 1. The lowest BCUT2D eigenvalue weighted by molar-refractivity contribution is 0.0932. The summed E-state index contributed by atoms with van der Waals surface area (Å²) in [4.78, 5) is 27.3. The van der Waals surface area contributed by atoms with Gasteiger partial charge < -0.3 is 10.3 Å². The first-order valence-electron chi connectivity index (χ1n) is 8.25. The molecule has 0 aliphatic rings. The van der Waals surface area contributed by atoms with Gasteiger partial charge in [0.2, 0.25) is 0 Å². The van der Waals surface area contributed by atoms with E-state index in [4.69, 9.17) is 0 Å². The van der Waals surface area contributed by atoms with Crippen molar-refractivity contribution in [1.29, 1.82) is 0 Å². The lowest BCUT2D eigenvalue weighted by atomic mass is 10.1. The number of carbonyl (C=O) groups is 1. The topological polar surface area (TPSA) is 62.0 Å². The van der Waals surface area contributed by atoms with Crippen LogP contribution in [0.2, 0.25) is 0 Å². The van der Waals surface area contributed by atoms with E-state index in [1.807, 2.05) is 37.3 Å². The smallest absolute Gasteiger partial charge is 0.261 e. The molecule has 1 amide bonds. The molecular weight excluding hydrogens is 288 g/mol. The first kappa shape index (κ1) is 17.0. The maximum Gasteiger partial charge on any atom is 0.261 e. The number of carbonyl (C=O) groups excluding carboxylic acids is 1. The Morgan fingerprint density at radius 3 is 2.48 bits per heavy atom. The minimum absolute atomic E-state index is 0.121. The summed E-state index contributed by atoms with van der Waals surface area (Å²) in [5, 5.41) is 2.96. The average Bonchev–Trinajstić information content (AvgIpc) is 2.59. The first-order chi connectivity index (χ1) is 11.2. The molecule has 0 saturated carbocycles. The van der Waals surface area contributed by atoms with Crippen molar-refractivity contribution in [2.75, 3.05) is 0 Å². The van der Waals surface area contributed by atoms with Gasteiger partial charge in [-0.15, -0.1) is 0 Å². The molecule has 4 heteroatoms. The Balaban J connectivity index is 2.14. The molecule has 2 N–H and O–H groups in total. The van der Waals surface area contributed by atoms with Crippen molar-refractivity contribution in [3.8, 4) is 11.3 Å². The number of amides is 1. The molecule has 0 unspecified atom stereocenters. The van der Waals surface area contributed by atoms with Crippen LogP contribution in [-0.2, 0) is 0 Å². The molecule has 0 bridgehead atoms. The Labute approximate surface area is 137 Å². The molecule has 2 aromatic rings. The van der Waals surface area contributed by atoms with E-state index in [1.165, 1.54) is 0 Å². The third kappa shape index (κ3) is 4.55. The van der Waals surface area contributed by atoms with Gasteiger partial charge in [0.25, 0.3) is 11.5 Å². The van der Waals surface area contributed by atoms with Crippen LogP contribution in [0.15, 0.2) is 47.3 Å². The summed E-state index contributed by atoms with van der Waals surface area (Å²) in [5.74, 6) is -0.297. The lowest BCUT2D eigenvalue weighted by Gasteiger charge is -2.16. The lowest BCUT2D eigenvalue weighted by Crippen LogP contribution is -2.37. The van der Waals surface area contributed by atoms with Crippen LogP contribution in [0.5, 0.6) is 0 Å². The Kier molecular flexibility index (Phi) is 6.15. The zero-order valence-electron chi connectivity index (χ0n) is 13.8. The van der Waals surface area contributed by atoms with Crippen molar-refractivity contribution in [1.82, 2.24) is 10.3 Å². The predicted molar refractivity (Wildman–Crippen MR) is 93.6 cm³/mol. The average molecular weight is 312 g/mol. The van der Waals surface area contributed by atoms with E-state index in [1.54, 1.807) is 12.1 Å². The largest absolute Gasteiger partial charge is 0.349 e. The molecule has 0 saturated heterocycles. The van der Waals surface area contributed by atoms with E-state index < -0.39 is 0 Å². The fraction of sp³-hybridized carbons (Fsp3) is 0.368. The summed E-state index contributed by atoms with van der Waals surface area (Å²) in [7, 11) is 0. The number of hydrogen-bond acceptors (Lipinski definition) is 2. The molecule has 122 valence electrons. The second-order valence-electron chi connectivity index (χ2n) is 5.70. The van der Waals surface area contributed by atoms with Gasteiger partial charge in [0.15, 0.2) is 0 Å². The standard InChI is InChI=1S/C19H24N2O2/c1-3-5-11-15(4-2)20-18(22)16-12-13-17(21-19(16)23)14-9-7-6-8-10-14/h6-10,12-13,15H,3-5,11H2,1-2H3,(H,20,22)(H,21,23)/t15-/m1/s1. The monoisotopic (exact) mass is 312 g/mol. The van der Waals surface area contributed by atoms with Gasteiger partial charge >= 0.3 is 0 Å². The molecule has 1 aromatic carbocycles. The third-order valence-electron chi connectivity index (χ3n) is 3.97. The Morgan fingerprint density at radius 2 is 1.87 bits per heavy atom. The molecule has 0 aliphatic carbocycles. The van der Waals surface area contributed by atoms with E-state index in [-0.39, 0.29) is 23.1 Å². The molecule has 1 heterocycles. The molecule has 0 aliphatic heterocycles. The number of nitrogens with one attached hydrogen (secondary N) is 2. The number of benzene rings is 1. The fourth-order valence-corrected chi connectivity index (χ4v) is 2.53. The van der Waals surface area contributed by atoms with Crippen molar-refractivity contribution in [2.24, 2.45) is 0 Å². The molecule has 4 nitrogen and oxygen atoms in total. The molecule has 1 atom stereocenters. The van der Waals surface area contributed by atoms with E-state index >= 15 is 0 Å². The van der Waals surface area contributed by atoms with Crippen LogP contribution in [0.1, 0.15) is 49.9 Å². The maximum absolute atomic E-state index is 12.3. The minimum atomic E-state index is -0.353. The summed E-state index contributed by atoms with van der Waals surface area (Å²) in [5.41, 5.74) is 1.45. The van der Waals surface area contributed by atoms with Crippen molar-refractivity contribution in [3.63, 3.8) is 0 Å². The predicted octanol–water partition coefficient (Wildman–Crippen LogP) is 3.74. The number of aromatic amines is 1. The van der Waals surface area contributed by atoms with Gasteiger partial charge in [-0.3, -0.25) is 9.59 Å². The summed E-state index contributed by atoms with van der Waals surface area (Å²) in [6.45, 7) is 4.17. The summed E-state index contributed by atoms with van der Waals surface area (Å²) < 4.78 is 0. The van der Waals surface area contributed by atoms with Gasteiger partial charge in [-0.05, 0) is 30.5 Å². The van der Waals surface area contributed by atoms with E-state index in [0.717, 1.165) is 31.2 Å². The molecule has 2 rings (SSSR count). The second-order valence-corrected chi connectivity index (χ2v) is 5.70.